The van der Waals surface area contributed by atoms with Crippen LogP contribution in [0.2, 0.25) is 5.02 Å². The van der Waals surface area contributed by atoms with Crippen LogP contribution in [0.25, 0.3) is 5.69 Å². The molecule has 0 radical (unpaired) electrons. The van der Waals surface area contributed by atoms with E-state index < -0.39 is 11.4 Å². The predicted molar refractivity (Wildman–Crippen MR) is 95.8 cm³/mol. The smallest absolute Gasteiger partial charge is 0.250 e. The molecule has 3 aromatic heterocycles. The van der Waals surface area contributed by atoms with E-state index in [0.717, 1.165) is 0 Å². The summed E-state index contributed by atoms with van der Waals surface area (Å²) in [6.07, 6.45) is 8.35. The first-order chi connectivity index (χ1) is 11.9. The summed E-state index contributed by atoms with van der Waals surface area (Å²) in [4.78, 5) is 24.1. The fourth-order valence-electron chi connectivity index (χ4n) is 2.41. The van der Waals surface area contributed by atoms with Crippen LogP contribution in [0.4, 0.5) is 5.95 Å². The van der Waals surface area contributed by atoms with Crippen molar-refractivity contribution in [2.75, 3.05) is 5.32 Å². The van der Waals surface area contributed by atoms with E-state index in [9.17, 15) is 4.79 Å². The van der Waals surface area contributed by atoms with Gasteiger partial charge in [0.1, 0.15) is 0 Å². The normalized spacial score (nSPS) is 11.3. The number of amides is 1. The van der Waals surface area contributed by atoms with Gasteiger partial charge in [-0.1, -0.05) is 11.6 Å². The summed E-state index contributed by atoms with van der Waals surface area (Å²) < 4.78 is 1.73. The topological polar surface area (TPSA) is 98.7 Å². The number of primary amides is 1. The molecule has 0 aromatic carbocycles. The second-order valence-corrected chi connectivity index (χ2v) is 6.43. The van der Waals surface area contributed by atoms with Crippen LogP contribution in [0.3, 0.4) is 0 Å². The largest absolute Gasteiger partial charge is 0.366 e. The zero-order valence-electron chi connectivity index (χ0n) is 13.8. The molecule has 25 heavy (non-hydrogen) atoms. The van der Waals surface area contributed by atoms with E-state index in [4.69, 9.17) is 17.3 Å². The maximum absolute atomic E-state index is 11.2. The van der Waals surface area contributed by atoms with Crippen LogP contribution < -0.4 is 11.1 Å². The second kappa shape index (κ2) is 6.52. The predicted octanol–water partition coefficient (Wildman–Crippen LogP) is 2.76. The van der Waals surface area contributed by atoms with Crippen molar-refractivity contribution in [1.29, 1.82) is 0 Å². The van der Waals surface area contributed by atoms with Gasteiger partial charge in [0, 0.05) is 18.6 Å². The SMILES string of the molecule is CC(C)(Nc1ncc(-n2ccc(C(N)=O)c2)cn1)c1ncccc1Cl. The molecule has 0 aliphatic heterocycles. The molecule has 0 aliphatic rings. The molecule has 0 spiro atoms. The highest BCUT2D eigenvalue weighted by Gasteiger charge is 2.25. The third kappa shape index (κ3) is 3.61. The van der Waals surface area contributed by atoms with E-state index in [1.807, 2.05) is 13.8 Å². The highest BCUT2D eigenvalue weighted by molar-refractivity contribution is 6.31. The Hall–Kier alpha value is -2.93. The minimum absolute atomic E-state index is 0.424. The van der Waals surface area contributed by atoms with Crippen molar-refractivity contribution in [2.24, 2.45) is 5.73 Å². The fourth-order valence-corrected chi connectivity index (χ4v) is 2.76. The number of halogens is 1. The number of nitrogens with two attached hydrogens (primary N) is 1. The van der Waals surface area contributed by atoms with Crippen LogP contribution >= 0.6 is 11.6 Å². The number of aromatic nitrogens is 4. The molecule has 0 saturated heterocycles. The molecule has 0 aliphatic carbocycles. The molecule has 3 heterocycles. The van der Waals surface area contributed by atoms with E-state index in [0.29, 0.717) is 27.9 Å². The van der Waals surface area contributed by atoms with Crippen molar-refractivity contribution in [1.82, 2.24) is 19.5 Å². The molecule has 3 aromatic rings. The Bertz CT molecular complexity index is 904. The number of carbonyl (C=O) groups is 1. The zero-order chi connectivity index (χ0) is 18.0. The molecule has 0 saturated carbocycles. The number of carbonyl (C=O) groups excluding carboxylic acids is 1. The standard InChI is InChI=1S/C17H17ClN6O/c1-17(2,14-13(18)4-3-6-20-14)23-16-21-8-12(9-22-16)24-7-5-11(10-24)15(19)25/h3-10H,1-2H3,(H2,19,25)(H,21,22,23). The quantitative estimate of drug-likeness (QED) is 0.732. The Morgan fingerprint density at radius 1 is 1.24 bits per heavy atom. The van der Waals surface area contributed by atoms with Crippen LogP contribution in [0.15, 0.2) is 49.2 Å². The Morgan fingerprint density at radius 3 is 2.56 bits per heavy atom. The van der Waals surface area contributed by atoms with Crippen LogP contribution in [0.5, 0.6) is 0 Å². The minimum Gasteiger partial charge on any atom is -0.366 e. The van der Waals surface area contributed by atoms with Crippen molar-refractivity contribution in [3.05, 3.63) is 65.5 Å². The molecule has 8 heteroatoms. The average molecular weight is 357 g/mol. The number of rotatable bonds is 5. The van der Waals surface area contributed by atoms with Gasteiger partial charge in [-0.05, 0) is 32.0 Å². The number of nitrogens with one attached hydrogen (secondary N) is 1. The van der Waals surface area contributed by atoms with Gasteiger partial charge in [-0.2, -0.15) is 0 Å². The highest BCUT2D eigenvalue weighted by Crippen LogP contribution is 2.28. The molecule has 0 bridgehead atoms. The van der Waals surface area contributed by atoms with Gasteiger partial charge < -0.3 is 15.6 Å². The van der Waals surface area contributed by atoms with Crippen LogP contribution in [0, 0.1) is 0 Å². The molecular formula is C17H17ClN6O. The van der Waals surface area contributed by atoms with Crippen LogP contribution in [0.1, 0.15) is 29.9 Å². The van der Waals surface area contributed by atoms with Crippen molar-refractivity contribution in [3.63, 3.8) is 0 Å². The van der Waals surface area contributed by atoms with Gasteiger partial charge >= 0.3 is 0 Å². The zero-order valence-corrected chi connectivity index (χ0v) is 14.5. The Labute approximate surface area is 149 Å². The van der Waals surface area contributed by atoms with Gasteiger partial charge in [0.25, 0.3) is 0 Å². The monoisotopic (exact) mass is 356 g/mol. The van der Waals surface area contributed by atoms with Gasteiger partial charge in [0.2, 0.25) is 11.9 Å². The summed E-state index contributed by atoms with van der Waals surface area (Å²) in [6, 6.07) is 5.21. The van der Waals surface area contributed by atoms with Crippen molar-refractivity contribution in [3.8, 4) is 5.69 Å². The summed E-state index contributed by atoms with van der Waals surface area (Å²) in [5.41, 5.74) is 6.55. The first-order valence-corrected chi connectivity index (χ1v) is 7.94. The van der Waals surface area contributed by atoms with E-state index >= 15 is 0 Å². The van der Waals surface area contributed by atoms with Crippen molar-refractivity contribution < 1.29 is 4.79 Å². The lowest BCUT2D eigenvalue weighted by Gasteiger charge is -2.26. The molecule has 0 atom stereocenters. The maximum atomic E-state index is 11.2. The van der Waals surface area contributed by atoms with Gasteiger partial charge in [-0.25, -0.2) is 9.97 Å². The summed E-state index contributed by atoms with van der Waals surface area (Å²) in [5, 5.41) is 3.80. The Balaban J connectivity index is 1.80. The average Bonchev–Trinajstić information content (AvgIpc) is 3.06. The first kappa shape index (κ1) is 16.9. The number of nitrogens with zero attached hydrogens (tertiary/aromatic N) is 4. The molecule has 0 unspecified atom stereocenters. The minimum atomic E-state index is -0.549. The summed E-state index contributed by atoms with van der Waals surface area (Å²) in [6.45, 7) is 3.90. The molecule has 128 valence electrons. The van der Waals surface area contributed by atoms with Gasteiger partial charge in [-0.3, -0.25) is 9.78 Å². The van der Waals surface area contributed by atoms with E-state index in [2.05, 4.69) is 20.3 Å². The van der Waals surface area contributed by atoms with E-state index in [1.165, 1.54) is 0 Å². The van der Waals surface area contributed by atoms with Gasteiger partial charge in [-0.15, -0.1) is 0 Å². The third-order valence-corrected chi connectivity index (χ3v) is 3.99. The fraction of sp³-hybridized carbons (Fsp3) is 0.176. The van der Waals surface area contributed by atoms with Crippen LogP contribution in [-0.2, 0) is 5.54 Å². The molecular weight excluding hydrogens is 340 g/mol. The molecule has 3 N–H and O–H groups in total. The Kier molecular flexibility index (Phi) is 4.41. The van der Waals surface area contributed by atoms with Gasteiger partial charge in [0.15, 0.2) is 0 Å². The number of pyridine rings is 1. The third-order valence-electron chi connectivity index (χ3n) is 3.69. The molecule has 7 nitrogen and oxygen atoms in total. The second-order valence-electron chi connectivity index (χ2n) is 6.02. The van der Waals surface area contributed by atoms with Crippen molar-refractivity contribution >= 4 is 23.5 Å². The van der Waals surface area contributed by atoms with Gasteiger partial charge in [0.05, 0.1) is 39.9 Å². The van der Waals surface area contributed by atoms with Crippen molar-refractivity contribution in [2.45, 2.75) is 19.4 Å². The van der Waals surface area contributed by atoms with Crippen LogP contribution in [-0.4, -0.2) is 25.4 Å². The summed E-state index contributed by atoms with van der Waals surface area (Å²) in [7, 11) is 0. The highest BCUT2D eigenvalue weighted by atomic mass is 35.5. The lowest BCUT2D eigenvalue weighted by atomic mass is 10.00. The number of anilines is 1. The molecule has 0 fully saturated rings. The first-order valence-electron chi connectivity index (χ1n) is 7.56. The lowest BCUT2D eigenvalue weighted by Crippen LogP contribution is -2.30. The Morgan fingerprint density at radius 2 is 1.96 bits per heavy atom. The lowest BCUT2D eigenvalue weighted by molar-refractivity contribution is 0.100. The van der Waals surface area contributed by atoms with E-state index in [1.54, 1.807) is 53.8 Å². The summed E-state index contributed by atoms with van der Waals surface area (Å²) >= 11 is 6.22. The number of hydrogen-bond acceptors (Lipinski definition) is 5. The molecule has 3 rings (SSSR count). The van der Waals surface area contributed by atoms with E-state index in [-0.39, 0.29) is 0 Å². The summed E-state index contributed by atoms with van der Waals surface area (Å²) in [5.74, 6) is -0.0373. The molecule has 1 amide bonds. The number of hydrogen-bond donors (Lipinski definition) is 2. The maximum Gasteiger partial charge on any atom is 0.250 e.